The molecule has 2 amide bonds. The Bertz CT molecular complexity index is 850. The number of ketones is 1. The van der Waals surface area contributed by atoms with Crippen LogP contribution in [0.1, 0.15) is 35.7 Å². The molecule has 28 heavy (non-hydrogen) atoms. The normalized spacial score (nSPS) is 20.6. The first-order valence-electron chi connectivity index (χ1n) is 9.23. The number of hydrogen-bond acceptors (Lipinski definition) is 5. The Morgan fingerprint density at radius 1 is 1.36 bits per heavy atom. The third-order valence-electron chi connectivity index (χ3n) is 4.76. The van der Waals surface area contributed by atoms with Gasteiger partial charge in [0, 0.05) is 38.4 Å². The number of Topliss-reactive ketones (excluding diaryl/α,β-unsaturated/α-hetero) is 1. The van der Waals surface area contributed by atoms with Crippen molar-refractivity contribution in [3.05, 3.63) is 40.8 Å². The molecule has 0 bridgehead atoms. The van der Waals surface area contributed by atoms with Crippen LogP contribution in [0.15, 0.2) is 23.9 Å². The molecule has 7 nitrogen and oxygen atoms in total. The lowest BCUT2D eigenvalue weighted by molar-refractivity contribution is -0.119. The SMILES string of the molecule is CC(=O)NC[C@H]1CN(c2cc3c(cc2F)C(=O)/C(=C/N(C)C)CCC3)C(=O)O1. The molecule has 1 aromatic rings. The smallest absolute Gasteiger partial charge is 0.414 e. The van der Waals surface area contributed by atoms with Crippen LogP contribution in [0, 0.1) is 5.82 Å². The molecule has 0 unspecified atom stereocenters. The second-order valence-corrected chi connectivity index (χ2v) is 7.31. The van der Waals surface area contributed by atoms with Crippen molar-refractivity contribution < 1.29 is 23.5 Å². The van der Waals surface area contributed by atoms with E-state index in [2.05, 4.69) is 5.32 Å². The van der Waals surface area contributed by atoms with E-state index in [1.165, 1.54) is 17.9 Å². The Kier molecular flexibility index (Phi) is 5.67. The fourth-order valence-electron chi connectivity index (χ4n) is 3.50. The number of fused-ring (bicyclic) bond motifs is 1. The molecule has 0 spiro atoms. The molecule has 1 aliphatic carbocycles. The highest BCUT2D eigenvalue weighted by Gasteiger charge is 2.35. The van der Waals surface area contributed by atoms with Crippen LogP contribution in [-0.4, -0.2) is 56.0 Å². The van der Waals surface area contributed by atoms with Gasteiger partial charge in [-0.25, -0.2) is 9.18 Å². The van der Waals surface area contributed by atoms with Gasteiger partial charge in [-0.15, -0.1) is 0 Å². The van der Waals surface area contributed by atoms with E-state index < -0.39 is 18.0 Å². The monoisotopic (exact) mass is 389 g/mol. The molecule has 1 atom stereocenters. The van der Waals surface area contributed by atoms with Crippen molar-refractivity contribution in [2.24, 2.45) is 0 Å². The molecule has 1 aromatic carbocycles. The van der Waals surface area contributed by atoms with E-state index in [0.29, 0.717) is 24.0 Å². The number of halogens is 1. The largest absolute Gasteiger partial charge is 0.442 e. The van der Waals surface area contributed by atoms with Gasteiger partial charge in [-0.3, -0.25) is 14.5 Å². The van der Waals surface area contributed by atoms with E-state index in [0.717, 1.165) is 12.0 Å². The number of aryl methyl sites for hydroxylation is 1. The Morgan fingerprint density at radius 2 is 2.11 bits per heavy atom. The molecule has 1 saturated heterocycles. The third-order valence-corrected chi connectivity index (χ3v) is 4.76. The molecule has 2 aliphatic rings. The summed E-state index contributed by atoms with van der Waals surface area (Å²) in [6.45, 7) is 1.67. The lowest BCUT2D eigenvalue weighted by atomic mass is 9.99. The predicted molar refractivity (Wildman–Crippen MR) is 102 cm³/mol. The second kappa shape index (κ2) is 8.00. The van der Waals surface area contributed by atoms with Gasteiger partial charge in [-0.2, -0.15) is 0 Å². The number of amides is 2. The van der Waals surface area contributed by atoms with Crippen LogP contribution in [-0.2, 0) is 16.0 Å². The molecule has 1 heterocycles. The number of hydrogen-bond donors (Lipinski definition) is 1. The number of nitrogens with one attached hydrogen (secondary N) is 1. The number of carbonyl (C=O) groups is 3. The maximum atomic E-state index is 14.8. The maximum Gasteiger partial charge on any atom is 0.414 e. The van der Waals surface area contributed by atoms with Gasteiger partial charge < -0.3 is 15.0 Å². The lowest BCUT2D eigenvalue weighted by Gasteiger charge is -2.17. The summed E-state index contributed by atoms with van der Waals surface area (Å²) in [7, 11) is 3.68. The summed E-state index contributed by atoms with van der Waals surface area (Å²) in [5, 5.41) is 2.59. The van der Waals surface area contributed by atoms with Crippen molar-refractivity contribution in [1.29, 1.82) is 0 Å². The van der Waals surface area contributed by atoms with Crippen LogP contribution in [0.2, 0.25) is 0 Å². The van der Waals surface area contributed by atoms with Gasteiger partial charge in [-0.05, 0) is 37.0 Å². The molecule has 8 heteroatoms. The van der Waals surface area contributed by atoms with Gasteiger partial charge in [0.25, 0.3) is 0 Å². The molecular weight excluding hydrogens is 365 g/mol. The van der Waals surface area contributed by atoms with E-state index in [1.807, 2.05) is 14.1 Å². The number of rotatable bonds is 4. The van der Waals surface area contributed by atoms with Crippen LogP contribution >= 0.6 is 0 Å². The molecule has 1 aliphatic heterocycles. The van der Waals surface area contributed by atoms with Gasteiger partial charge in [0.15, 0.2) is 5.78 Å². The number of cyclic esters (lactones) is 1. The minimum atomic E-state index is -0.664. The first-order chi connectivity index (χ1) is 13.3. The van der Waals surface area contributed by atoms with Crippen molar-refractivity contribution in [2.75, 3.05) is 32.1 Å². The summed E-state index contributed by atoms with van der Waals surface area (Å²) < 4.78 is 20.0. The van der Waals surface area contributed by atoms with Gasteiger partial charge >= 0.3 is 6.09 Å². The quantitative estimate of drug-likeness (QED) is 0.631. The van der Waals surface area contributed by atoms with Crippen molar-refractivity contribution >= 4 is 23.5 Å². The topological polar surface area (TPSA) is 79.0 Å². The van der Waals surface area contributed by atoms with E-state index in [4.69, 9.17) is 4.74 Å². The Labute approximate surface area is 163 Å². The Hall–Kier alpha value is -2.90. The zero-order valence-corrected chi connectivity index (χ0v) is 16.3. The summed E-state index contributed by atoms with van der Waals surface area (Å²) in [6.07, 6.45) is 2.56. The molecule has 0 radical (unpaired) electrons. The summed E-state index contributed by atoms with van der Waals surface area (Å²) in [5.41, 5.74) is 1.81. The summed E-state index contributed by atoms with van der Waals surface area (Å²) in [6, 6.07) is 2.79. The highest BCUT2D eigenvalue weighted by Crippen LogP contribution is 2.32. The molecule has 150 valence electrons. The molecule has 0 aromatic heterocycles. The first kappa shape index (κ1) is 19.9. The van der Waals surface area contributed by atoms with Crippen molar-refractivity contribution in [1.82, 2.24) is 10.2 Å². The van der Waals surface area contributed by atoms with Gasteiger partial charge in [0.05, 0.1) is 18.8 Å². The maximum absolute atomic E-state index is 14.8. The van der Waals surface area contributed by atoms with Crippen molar-refractivity contribution in [2.45, 2.75) is 32.3 Å². The van der Waals surface area contributed by atoms with E-state index >= 15 is 0 Å². The van der Waals surface area contributed by atoms with E-state index in [9.17, 15) is 18.8 Å². The number of anilines is 1. The standard InChI is InChI=1S/C20H24FN3O4/c1-12(25)22-9-15-11-24(20(27)28-15)18-7-13-5-4-6-14(10-23(2)3)19(26)16(13)8-17(18)21/h7-8,10,15H,4-6,9,11H2,1-3H3,(H,22,25)/b14-10+/t15-/m0/s1. The minimum Gasteiger partial charge on any atom is -0.442 e. The molecule has 0 saturated carbocycles. The van der Waals surface area contributed by atoms with Crippen molar-refractivity contribution in [3.8, 4) is 0 Å². The first-order valence-corrected chi connectivity index (χ1v) is 9.23. The average molecular weight is 389 g/mol. The summed E-state index contributed by atoms with van der Waals surface area (Å²) >= 11 is 0. The summed E-state index contributed by atoms with van der Waals surface area (Å²) in [5.74, 6) is -1.06. The zero-order valence-electron chi connectivity index (χ0n) is 16.3. The van der Waals surface area contributed by atoms with Gasteiger partial charge in [0.1, 0.15) is 11.9 Å². The lowest BCUT2D eigenvalue weighted by Crippen LogP contribution is -2.33. The molecule has 3 rings (SSSR count). The van der Waals surface area contributed by atoms with Crippen LogP contribution in [0.4, 0.5) is 14.9 Å². The fourth-order valence-corrected chi connectivity index (χ4v) is 3.50. The second-order valence-electron chi connectivity index (χ2n) is 7.31. The van der Waals surface area contributed by atoms with E-state index in [-0.39, 0.29) is 30.5 Å². The number of allylic oxidation sites excluding steroid dienone is 1. The fraction of sp³-hybridized carbons (Fsp3) is 0.450. The van der Waals surface area contributed by atoms with Gasteiger partial charge in [-0.1, -0.05) is 0 Å². The van der Waals surface area contributed by atoms with Crippen LogP contribution in [0.5, 0.6) is 0 Å². The number of benzene rings is 1. The highest BCUT2D eigenvalue weighted by molar-refractivity contribution is 6.10. The zero-order chi connectivity index (χ0) is 20.4. The molecule has 1 N–H and O–H groups in total. The van der Waals surface area contributed by atoms with Crippen LogP contribution < -0.4 is 10.2 Å². The van der Waals surface area contributed by atoms with Crippen LogP contribution in [0.25, 0.3) is 0 Å². The third kappa shape index (κ3) is 4.16. The molecular formula is C20H24FN3O4. The van der Waals surface area contributed by atoms with Crippen LogP contribution in [0.3, 0.4) is 0 Å². The molecule has 1 fully saturated rings. The average Bonchev–Trinajstić information content (AvgIpc) is 2.92. The number of ether oxygens (including phenoxy) is 1. The highest BCUT2D eigenvalue weighted by atomic mass is 19.1. The van der Waals surface area contributed by atoms with Crippen molar-refractivity contribution in [3.63, 3.8) is 0 Å². The predicted octanol–water partition coefficient (Wildman–Crippen LogP) is 2.25. The van der Waals surface area contributed by atoms with E-state index in [1.54, 1.807) is 17.2 Å². The summed E-state index contributed by atoms with van der Waals surface area (Å²) in [4.78, 5) is 39.1. The Morgan fingerprint density at radius 3 is 2.79 bits per heavy atom. The number of nitrogens with zero attached hydrogens (tertiary/aromatic N) is 2. The Balaban J connectivity index is 1.88. The van der Waals surface area contributed by atoms with Gasteiger partial charge in [0.2, 0.25) is 5.91 Å². The number of carbonyl (C=O) groups excluding carboxylic acids is 3. The minimum absolute atomic E-state index is 0.0990.